The van der Waals surface area contributed by atoms with Crippen LogP contribution in [0.15, 0.2) is 35.5 Å². The van der Waals surface area contributed by atoms with Crippen LogP contribution >= 0.6 is 0 Å². The van der Waals surface area contributed by atoms with Gasteiger partial charge >= 0.3 is 0 Å². The molecule has 3 N–H and O–H groups in total. The molecule has 3 saturated carbocycles. The van der Waals surface area contributed by atoms with Gasteiger partial charge in [-0.15, -0.1) is 0 Å². The van der Waals surface area contributed by atoms with Crippen LogP contribution in [0.5, 0.6) is 0 Å². The van der Waals surface area contributed by atoms with Crippen LogP contribution < -0.4 is 0 Å². The van der Waals surface area contributed by atoms with Gasteiger partial charge in [-0.2, -0.15) is 0 Å². The molecule has 0 radical (unpaired) electrons. The number of hydrogen-bond donors (Lipinski definition) is 3. The largest absolute Gasteiger partial charge is 0.393 e. The minimum absolute atomic E-state index is 0.387. The van der Waals surface area contributed by atoms with Gasteiger partial charge < -0.3 is 15.3 Å². The first-order chi connectivity index (χ1) is 15.6. The Hall–Kier alpha value is -0.900. The fourth-order valence-corrected chi connectivity index (χ4v) is 7.40. The molecule has 0 spiro atoms. The number of unbranched alkanes of at least 4 members (excludes halogenated alkanes) is 1. The molecular weight excluding hydrogens is 408 g/mol. The summed E-state index contributed by atoms with van der Waals surface area (Å²) < 4.78 is 0. The van der Waals surface area contributed by atoms with Crippen LogP contribution in [-0.2, 0) is 0 Å². The summed E-state index contributed by atoms with van der Waals surface area (Å²) in [6.07, 6.45) is 17.1. The summed E-state index contributed by atoms with van der Waals surface area (Å²) >= 11 is 0. The van der Waals surface area contributed by atoms with Crippen LogP contribution in [0.1, 0.15) is 111 Å². The highest BCUT2D eigenvalue weighted by atomic mass is 16.3. The van der Waals surface area contributed by atoms with Gasteiger partial charge in [-0.05, 0) is 92.1 Å². The molecular formula is C30H50O3. The van der Waals surface area contributed by atoms with Crippen molar-refractivity contribution >= 4 is 0 Å². The number of allylic oxidation sites excluding steroid dienone is 3. The van der Waals surface area contributed by atoms with E-state index in [1.54, 1.807) is 5.57 Å². The minimum atomic E-state index is -0.614. The van der Waals surface area contributed by atoms with Crippen molar-refractivity contribution in [2.45, 2.75) is 129 Å². The average molecular weight is 459 g/mol. The van der Waals surface area contributed by atoms with Crippen molar-refractivity contribution in [3.05, 3.63) is 35.5 Å². The molecule has 3 aliphatic carbocycles. The van der Waals surface area contributed by atoms with E-state index in [2.05, 4.69) is 46.4 Å². The Balaban J connectivity index is 1.62. The molecule has 0 aromatic carbocycles. The van der Waals surface area contributed by atoms with Crippen LogP contribution in [0.2, 0.25) is 0 Å². The summed E-state index contributed by atoms with van der Waals surface area (Å²) in [6, 6.07) is 0. The number of aliphatic hydroxyl groups excluding tert-OH is 2. The molecule has 0 amide bonds. The van der Waals surface area contributed by atoms with E-state index in [1.807, 2.05) is 0 Å². The monoisotopic (exact) mass is 458 g/mol. The van der Waals surface area contributed by atoms with Gasteiger partial charge in [0.05, 0.1) is 17.8 Å². The molecule has 0 heterocycles. The first kappa shape index (κ1) is 26.7. The molecule has 33 heavy (non-hydrogen) atoms. The zero-order chi connectivity index (χ0) is 24.2. The third-order valence-corrected chi connectivity index (χ3v) is 9.86. The van der Waals surface area contributed by atoms with Crippen LogP contribution in [0.3, 0.4) is 0 Å². The van der Waals surface area contributed by atoms with Gasteiger partial charge in [0.25, 0.3) is 0 Å². The van der Waals surface area contributed by atoms with Gasteiger partial charge in [0.1, 0.15) is 0 Å². The van der Waals surface area contributed by atoms with Crippen molar-refractivity contribution in [2.24, 2.45) is 23.2 Å². The Morgan fingerprint density at radius 3 is 2.58 bits per heavy atom. The highest BCUT2D eigenvalue weighted by Gasteiger charge is 2.50. The lowest BCUT2D eigenvalue weighted by Crippen LogP contribution is -2.36. The van der Waals surface area contributed by atoms with E-state index in [0.29, 0.717) is 24.2 Å². The van der Waals surface area contributed by atoms with Gasteiger partial charge in [-0.25, -0.2) is 0 Å². The van der Waals surface area contributed by atoms with E-state index in [9.17, 15) is 15.3 Å². The fraction of sp³-hybridized carbons (Fsp3) is 0.800. The maximum atomic E-state index is 10.6. The van der Waals surface area contributed by atoms with Crippen molar-refractivity contribution < 1.29 is 15.3 Å². The molecule has 0 saturated heterocycles. The van der Waals surface area contributed by atoms with Gasteiger partial charge in [-0.1, -0.05) is 71.3 Å². The normalized spacial score (nSPS) is 36.4. The predicted octanol–water partition coefficient (Wildman–Crippen LogP) is 6.88. The standard InChI is InChI=1S/C30H50O3/c1-6-30(33,7-2)18-9-8-11-21(3)26-15-16-27-23(12-10-17-29(26,27)5)13-14-24-19-25(31)20-28(32)22(24)4/h13-14,21,25-28,31-33H,4,6-12,15-20H2,1-3,5H3/b23-13-,24-14+/t21-,25+,26-,27-,28-,29+/m0/s1. The second-order valence-corrected chi connectivity index (χ2v) is 11.8. The number of aliphatic hydroxyl groups is 3. The molecule has 0 bridgehead atoms. The van der Waals surface area contributed by atoms with E-state index >= 15 is 0 Å². The quantitative estimate of drug-likeness (QED) is 0.330. The molecule has 6 atom stereocenters. The second-order valence-electron chi connectivity index (χ2n) is 11.8. The number of fused-ring (bicyclic) bond motifs is 1. The smallest absolute Gasteiger partial charge is 0.0811 e. The predicted molar refractivity (Wildman–Crippen MR) is 138 cm³/mol. The maximum absolute atomic E-state index is 10.6. The van der Waals surface area contributed by atoms with Crippen molar-refractivity contribution in [1.82, 2.24) is 0 Å². The summed E-state index contributed by atoms with van der Waals surface area (Å²) in [5, 5.41) is 30.8. The van der Waals surface area contributed by atoms with Crippen LogP contribution in [0.25, 0.3) is 0 Å². The second kappa shape index (κ2) is 11.2. The van der Waals surface area contributed by atoms with E-state index in [4.69, 9.17) is 0 Å². The fourth-order valence-electron chi connectivity index (χ4n) is 7.40. The van der Waals surface area contributed by atoms with Gasteiger partial charge in [0.15, 0.2) is 0 Å². The Morgan fingerprint density at radius 1 is 1.15 bits per heavy atom. The van der Waals surface area contributed by atoms with Crippen molar-refractivity contribution in [3.63, 3.8) is 0 Å². The number of hydrogen-bond acceptors (Lipinski definition) is 3. The number of rotatable bonds is 9. The summed E-state index contributed by atoms with van der Waals surface area (Å²) in [7, 11) is 0. The molecule has 3 aliphatic rings. The molecule has 0 aromatic heterocycles. The molecule has 3 nitrogen and oxygen atoms in total. The van der Waals surface area contributed by atoms with Crippen molar-refractivity contribution in [1.29, 1.82) is 0 Å². The Kier molecular flexibility index (Phi) is 9.08. The van der Waals surface area contributed by atoms with E-state index in [0.717, 1.165) is 48.7 Å². The zero-order valence-corrected chi connectivity index (χ0v) is 21.8. The maximum Gasteiger partial charge on any atom is 0.0811 e. The highest BCUT2D eigenvalue weighted by Crippen LogP contribution is 2.60. The van der Waals surface area contributed by atoms with Crippen LogP contribution in [-0.4, -0.2) is 33.1 Å². The lowest BCUT2D eigenvalue weighted by molar-refractivity contribution is 0.0202. The Bertz CT molecular complexity index is 731. The summed E-state index contributed by atoms with van der Waals surface area (Å²) in [5.74, 6) is 2.17. The lowest BCUT2D eigenvalue weighted by Gasteiger charge is -2.44. The first-order valence-electron chi connectivity index (χ1n) is 13.8. The van der Waals surface area contributed by atoms with E-state index in [-0.39, 0.29) is 0 Å². The molecule has 188 valence electrons. The lowest BCUT2D eigenvalue weighted by atomic mass is 9.60. The zero-order valence-electron chi connectivity index (χ0n) is 21.8. The molecule has 3 rings (SSSR count). The van der Waals surface area contributed by atoms with Gasteiger partial charge in [0, 0.05) is 6.42 Å². The third kappa shape index (κ3) is 6.03. The summed E-state index contributed by atoms with van der Waals surface area (Å²) in [4.78, 5) is 0. The molecule has 3 fully saturated rings. The third-order valence-electron chi connectivity index (χ3n) is 9.86. The summed E-state index contributed by atoms with van der Waals surface area (Å²) in [6.45, 7) is 13.3. The molecule has 0 aliphatic heterocycles. The van der Waals surface area contributed by atoms with Crippen LogP contribution in [0.4, 0.5) is 0 Å². The average Bonchev–Trinajstić information content (AvgIpc) is 3.15. The minimum Gasteiger partial charge on any atom is -0.393 e. The van der Waals surface area contributed by atoms with Crippen molar-refractivity contribution in [2.75, 3.05) is 0 Å². The van der Waals surface area contributed by atoms with E-state index < -0.39 is 17.8 Å². The Labute approximate surface area is 203 Å². The Morgan fingerprint density at radius 2 is 1.88 bits per heavy atom. The van der Waals surface area contributed by atoms with E-state index in [1.165, 1.54) is 44.9 Å². The highest BCUT2D eigenvalue weighted by molar-refractivity contribution is 5.38. The first-order valence-corrected chi connectivity index (χ1v) is 13.8. The molecule has 3 heteroatoms. The van der Waals surface area contributed by atoms with Gasteiger partial charge in [0.2, 0.25) is 0 Å². The molecule has 0 unspecified atom stereocenters. The van der Waals surface area contributed by atoms with Crippen molar-refractivity contribution in [3.8, 4) is 0 Å². The SMILES string of the molecule is C=C1/C(=C/C=C2/CCC[C@@]3(C)[C@H]2CC[C@H]3[C@@H](C)CCCCC(O)(CC)CC)C[C@@H](O)C[C@@H]1O. The summed E-state index contributed by atoms with van der Waals surface area (Å²) in [5.41, 5.74) is 3.30. The van der Waals surface area contributed by atoms with Gasteiger partial charge in [-0.3, -0.25) is 0 Å². The van der Waals surface area contributed by atoms with Crippen LogP contribution in [0, 0.1) is 23.2 Å². The molecule has 0 aromatic rings. The topological polar surface area (TPSA) is 60.7 Å².